The van der Waals surface area contributed by atoms with Crippen molar-refractivity contribution < 1.29 is 9.47 Å². The molecule has 5 nitrogen and oxygen atoms in total. The summed E-state index contributed by atoms with van der Waals surface area (Å²) in [6.45, 7) is 0. The largest absolute Gasteiger partial charge is 0.486 e. The molecule has 0 spiro atoms. The third-order valence-electron chi connectivity index (χ3n) is 10.3. The van der Waals surface area contributed by atoms with E-state index in [2.05, 4.69) is 145 Å². The second kappa shape index (κ2) is 11.3. The zero-order valence-corrected chi connectivity index (χ0v) is 26.7. The lowest BCUT2D eigenvalue weighted by Gasteiger charge is -2.31. The van der Waals surface area contributed by atoms with Crippen molar-refractivity contribution in [2.24, 2.45) is 9.98 Å². The summed E-state index contributed by atoms with van der Waals surface area (Å²) in [5.74, 6) is 3.70. The van der Waals surface area contributed by atoms with Gasteiger partial charge in [-0.15, -0.1) is 0 Å². The molecule has 10 rings (SSSR count). The maximum atomic E-state index is 6.76. The van der Waals surface area contributed by atoms with Crippen molar-refractivity contribution in [2.75, 3.05) is 0 Å². The van der Waals surface area contributed by atoms with E-state index < -0.39 is 0 Å². The molecule has 2 aliphatic carbocycles. The average Bonchev–Trinajstić information content (AvgIpc) is 3.46. The Balaban J connectivity index is 1.11. The molecule has 5 aromatic carbocycles. The average molecular weight is 636 g/mol. The van der Waals surface area contributed by atoms with E-state index >= 15 is 0 Å². The van der Waals surface area contributed by atoms with Gasteiger partial charge in [0, 0.05) is 39.7 Å². The summed E-state index contributed by atoms with van der Waals surface area (Å²) in [5.41, 5.74) is 10.2. The van der Waals surface area contributed by atoms with Crippen LogP contribution in [-0.4, -0.2) is 17.8 Å². The Kier molecular flexibility index (Phi) is 6.51. The molecule has 5 aliphatic rings. The van der Waals surface area contributed by atoms with Gasteiger partial charge in [0.2, 0.25) is 0 Å². The minimum absolute atomic E-state index is 0.0152. The van der Waals surface area contributed by atoms with E-state index in [0.29, 0.717) is 5.84 Å². The van der Waals surface area contributed by atoms with Crippen LogP contribution in [-0.2, 0) is 0 Å². The van der Waals surface area contributed by atoms with Crippen LogP contribution in [0.4, 0.5) is 0 Å². The fourth-order valence-electron chi connectivity index (χ4n) is 8.03. The van der Waals surface area contributed by atoms with Gasteiger partial charge in [-0.05, 0) is 46.9 Å². The van der Waals surface area contributed by atoms with Crippen LogP contribution in [0.25, 0.3) is 16.7 Å². The molecule has 0 fully saturated rings. The van der Waals surface area contributed by atoms with Gasteiger partial charge in [-0.3, -0.25) is 0 Å². The van der Waals surface area contributed by atoms with Crippen molar-refractivity contribution in [3.63, 3.8) is 0 Å². The lowest BCUT2D eigenvalue weighted by molar-refractivity contribution is 0.211. The topological polar surface area (TPSA) is 55.2 Å². The number of benzene rings is 5. The van der Waals surface area contributed by atoms with Gasteiger partial charge in [-0.2, -0.15) is 0 Å². The second-order valence-electron chi connectivity index (χ2n) is 13.2. The summed E-state index contributed by atoms with van der Waals surface area (Å²) in [6, 6.07) is 44.4. The number of allylic oxidation sites excluding steroid dienone is 1. The van der Waals surface area contributed by atoms with Gasteiger partial charge in [0.1, 0.15) is 35.7 Å². The molecular weight excluding hydrogens is 603 g/mol. The van der Waals surface area contributed by atoms with Gasteiger partial charge in [-0.1, -0.05) is 133 Å². The van der Waals surface area contributed by atoms with Gasteiger partial charge in [0.15, 0.2) is 5.84 Å². The van der Waals surface area contributed by atoms with Crippen LogP contribution in [0.1, 0.15) is 58.3 Å². The van der Waals surface area contributed by atoms with Crippen LogP contribution in [0.15, 0.2) is 167 Å². The summed E-state index contributed by atoms with van der Waals surface area (Å²) in [5, 5.41) is 3.75. The molecule has 5 atom stereocenters. The predicted molar refractivity (Wildman–Crippen MR) is 195 cm³/mol. The highest BCUT2D eigenvalue weighted by Crippen LogP contribution is 2.55. The summed E-state index contributed by atoms with van der Waals surface area (Å²) >= 11 is 0. The zero-order chi connectivity index (χ0) is 32.3. The number of rotatable bonds is 4. The minimum Gasteiger partial charge on any atom is -0.486 e. The van der Waals surface area contributed by atoms with E-state index in [-0.39, 0.29) is 30.2 Å². The molecular formula is C44H33N3O2. The van der Waals surface area contributed by atoms with Crippen molar-refractivity contribution in [1.29, 1.82) is 0 Å². The number of ether oxygens (including phenoxy) is 2. The van der Waals surface area contributed by atoms with Crippen molar-refractivity contribution in [3.05, 3.63) is 185 Å². The molecule has 49 heavy (non-hydrogen) atoms. The van der Waals surface area contributed by atoms with Crippen LogP contribution < -0.4 is 14.8 Å². The molecule has 5 aromatic rings. The summed E-state index contributed by atoms with van der Waals surface area (Å²) in [4.78, 5) is 10.6. The normalized spacial score (nSPS) is 24.1. The Bertz CT molecular complexity index is 2270. The standard InChI is InChI=1S/C44H33N3O2/c1-3-12-27(13-4-1)33-19-11-21-39-40(33)37-26-36(34-17-7-8-18-35(34)41(37)49-39)44-46-42(28-14-5-2-6-15-28)45-43(47-44)30-23-22-29-24-31(25-30)48-38-20-10-9-16-32(29)38/h1-23,25-26,29,31,37,41-42H,24H2,(H,45,46,47). The van der Waals surface area contributed by atoms with Gasteiger partial charge < -0.3 is 14.8 Å². The fourth-order valence-corrected chi connectivity index (χ4v) is 8.03. The maximum Gasteiger partial charge on any atom is 0.159 e. The quantitative estimate of drug-likeness (QED) is 0.214. The second-order valence-corrected chi connectivity index (χ2v) is 13.2. The Morgan fingerprint density at radius 1 is 0.653 bits per heavy atom. The molecule has 0 saturated heterocycles. The smallest absolute Gasteiger partial charge is 0.159 e. The molecule has 3 aliphatic heterocycles. The molecule has 236 valence electrons. The van der Waals surface area contributed by atoms with E-state index in [1.807, 2.05) is 12.1 Å². The number of hydrogen-bond acceptors (Lipinski definition) is 5. The van der Waals surface area contributed by atoms with E-state index in [1.54, 1.807) is 0 Å². The van der Waals surface area contributed by atoms with Gasteiger partial charge in [-0.25, -0.2) is 9.98 Å². The molecule has 0 radical (unpaired) electrons. The lowest BCUT2D eigenvalue weighted by atomic mass is 9.78. The highest BCUT2D eigenvalue weighted by atomic mass is 16.5. The predicted octanol–water partition coefficient (Wildman–Crippen LogP) is 9.50. The molecule has 0 saturated carbocycles. The summed E-state index contributed by atoms with van der Waals surface area (Å²) in [6.07, 6.45) is 9.46. The fraction of sp³-hybridized carbons (Fsp3) is 0.136. The van der Waals surface area contributed by atoms with Crippen molar-refractivity contribution in [3.8, 4) is 22.6 Å². The molecule has 3 heterocycles. The number of hydrogen-bond donors (Lipinski definition) is 1. The van der Waals surface area contributed by atoms with Crippen LogP contribution in [0.5, 0.6) is 11.5 Å². The van der Waals surface area contributed by atoms with E-state index in [9.17, 15) is 0 Å². The van der Waals surface area contributed by atoms with Gasteiger partial charge in [0.05, 0.1) is 0 Å². The number of fused-ring (bicyclic) bond motifs is 9. The number of aliphatic imine (C=N–C) groups is 2. The highest BCUT2D eigenvalue weighted by molar-refractivity contribution is 6.28. The zero-order valence-electron chi connectivity index (χ0n) is 26.7. The van der Waals surface area contributed by atoms with Crippen LogP contribution >= 0.6 is 0 Å². The van der Waals surface area contributed by atoms with Gasteiger partial charge >= 0.3 is 0 Å². The van der Waals surface area contributed by atoms with Crippen molar-refractivity contribution in [1.82, 2.24) is 5.32 Å². The first-order chi connectivity index (χ1) is 24.3. The van der Waals surface area contributed by atoms with Gasteiger partial charge in [0.25, 0.3) is 0 Å². The van der Waals surface area contributed by atoms with Crippen LogP contribution in [0.3, 0.4) is 0 Å². The Labute approximate surface area is 285 Å². The number of nitrogens with zero attached hydrogens (tertiary/aromatic N) is 2. The molecule has 5 heteroatoms. The number of para-hydroxylation sites is 1. The molecule has 5 unspecified atom stereocenters. The molecule has 2 bridgehead atoms. The Morgan fingerprint density at radius 2 is 1.39 bits per heavy atom. The number of amidine groups is 2. The first kappa shape index (κ1) is 28.1. The minimum atomic E-state index is -0.309. The summed E-state index contributed by atoms with van der Waals surface area (Å²) in [7, 11) is 0. The third kappa shape index (κ3) is 4.76. The van der Waals surface area contributed by atoms with Crippen molar-refractivity contribution in [2.45, 2.75) is 36.6 Å². The van der Waals surface area contributed by atoms with Crippen LogP contribution in [0.2, 0.25) is 0 Å². The number of nitrogens with one attached hydrogen (secondary N) is 1. The SMILES string of the molecule is C1=CC2CC(C=C1C1=NC(c3ccccc3)NC(C3=CC4c5c(cccc5-c5ccccc5)OC4c4ccccc43)=N1)Oc1ccccc12. The third-order valence-corrected chi connectivity index (χ3v) is 10.3. The van der Waals surface area contributed by atoms with E-state index in [4.69, 9.17) is 19.5 Å². The first-order valence-corrected chi connectivity index (χ1v) is 17.1. The maximum absolute atomic E-state index is 6.76. The highest BCUT2D eigenvalue weighted by Gasteiger charge is 2.42. The molecule has 0 aromatic heterocycles. The van der Waals surface area contributed by atoms with Crippen molar-refractivity contribution >= 4 is 17.2 Å². The van der Waals surface area contributed by atoms with Crippen LogP contribution in [0, 0.1) is 0 Å². The van der Waals surface area contributed by atoms with E-state index in [1.165, 1.54) is 27.8 Å². The summed E-state index contributed by atoms with van der Waals surface area (Å²) < 4.78 is 13.2. The monoisotopic (exact) mass is 635 g/mol. The van der Waals surface area contributed by atoms with E-state index in [0.717, 1.165) is 46.0 Å². The first-order valence-electron chi connectivity index (χ1n) is 17.1. The Morgan fingerprint density at radius 3 is 2.27 bits per heavy atom. The molecule has 0 amide bonds. The Hall–Kier alpha value is -5.94. The lowest BCUT2D eigenvalue weighted by Crippen LogP contribution is -2.35. The molecule has 1 N–H and O–H groups in total.